The van der Waals surface area contributed by atoms with Crippen molar-refractivity contribution in [1.82, 2.24) is 9.47 Å². The Morgan fingerprint density at radius 1 is 1.03 bits per heavy atom. The number of anilines is 1. The van der Waals surface area contributed by atoms with E-state index in [2.05, 4.69) is 24.8 Å². The molecule has 8 heteroatoms. The minimum absolute atomic E-state index is 0.0675. The van der Waals surface area contributed by atoms with Crippen molar-refractivity contribution in [3.05, 3.63) is 31.9 Å². The second-order valence-corrected chi connectivity index (χ2v) is 10.8. The molecular formula is C26H36N4O2S2. The highest BCUT2D eigenvalue weighted by atomic mass is 32.2. The smallest absolute Gasteiger partial charge is 0.270 e. The van der Waals surface area contributed by atoms with Crippen LogP contribution in [0.5, 0.6) is 0 Å². The van der Waals surface area contributed by atoms with E-state index in [9.17, 15) is 14.9 Å². The first-order valence-electron chi connectivity index (χ1n) is 12.6. The molecule has 0 atom stereocenters. The fourth-order valence-corrected chi connectivity index (χ4v) is 5.93. The van der Waals surface area contributed by atoms with E-state index < -0.39 is 0 Å². The Balaban J connectivity index is 2.01. The van der Waals surface area contributed by atoms with E-state index in [4.69, 9.17) is 12.2 Å². The van der Waals surface area contributed by atoms with Crippen molar-refractivity contribution in [2.24, 2.45) is 0 Å². The van der Waals surface area contributed by atoms with Crippen molar-refractivity contribution in [3.8, 4) is 6.07 Å². The summed E-state index contributed by atoms with van der Waals surface area (Å²) < 4.78 is 2.35. The van der Waals surface area contributed by atoms with Crippen LogP contribution >= 0.6 is 24.0 Å². The van der Waals surface area contributed by atoms with Crippen molar-refractivity contribution >= 4 is 46.1 Å². The summed E-state index contributed by atoms with van der Waals surface area (Å²) in [5, 5.41) is 9.79. The molecule has 0 radical (unpaired) electrons. The zero-order valence-electron chi connectivity index (χ0n) is 20.7. The van der Waals surface area contributed by atoms with Gasteiger partial charge in [0, 0.05) is 31.7 Å². The summed E-state index contributed by atoms with van der Waals surface area (Å²) in [6.45, 7) is 9.05. The summed E-state index contributed by atoms with van der Waals surface area (Å²) in [7, 11) is 0. The maximum atomic E-state index is 13.3. The molecule has 0 spiro atoms. The van der Waals surface area contributed by atoms with Crippen LogP contribution in [0.3, 0.4) is 0 Å². The number of carbonyl (C=O) groups excluding carboxylic acids is 1. The number of aromatic nitrogens is 1. The molecule has 1 aromatic rings. The third-order valence-electron chi connectivity index (χ3n) is 6.62. The summed E-state index contributed by atoms with van der Waals surface area (Å²) >= 11 is 6.87. The number of hydrogen-bond acceptors (Lipinski definition) is 6. The lowest BCUT2D eigenvalue weighted by molar-refractivity contribution is -0.122. The van der Waals surface area contributed by atoms with Crippen LogP contribution in [0, 0.1) is 18.3 Å². The lowest BCUT2D eigenvalue weighted by atomic mass is 10.0. The maximum absolute atomic E-state index is 13.3. The Morgan fingerprint density at radius 3 is 2.35 bits per heavy atom. The summed E-state index contributed by atoms with van der Waals surface area (Å²) in [6.07, 6.45) is 11.4. The van der Waals surface area contributed by atoms with Gasteiger partial charge < -0.3 is 4.90 Å². The van der Waals surface area contributed by atoms with Crippen molar-refractivity contribution < 1.29 is 4.79 Å². The number of carbonyl (C=O) groups is 1. The van der Waals surface area contributed by atoms with E-state index in [-0.39, 0.29) is 17.0 Å². The molecule has 0 bridgehead atoms. The van der Waals surface area contributed by atoms with Gasteiger partial charge in [0.1, 0.15) is 21.8 Å². The molecule has 2 fully saturated rings. The third-order valence-corrected chi connectivity index (χ3v) is 8.00. The summed E-state index contributed by atoms with van der Waals surface area (Å²) in [6, 6.07) is 2.13. The summed E-state index contributed by atoms with van der Waals surface area (Å²) in [4.78, 5) is 31.0. The van der Waals surface area contributed by atoms with Gasteiger partial charge >= 0.3 is 0 Å². The van der Waals surface area contributed by atoms with Crippen LogP contribution in [0.4, 0.5) is 5.82 Å². The zero-order valence-corrected chi connectivity index (χ0v) is 22.3. The van der Waals surface area contributed by atoms with Gasteiger partial charge in [-0.15, -0.1) is 0 Å². The number of amides is 1. The van der Waals surface area contributed by atoms with E-state index in [1.54, 1.807) is 9.47 Å². The van der Waals surface area contributed by atoms with Crippen LogP contribution in [0.25, 0.3) is 6.08 Å². The molecule has 0 unspecified atom stereocenters. The van der Waals surface area contributed by atoms with Crippen LogP contribution < -0.4 is 10.5 Å². The molecule has 1 amide bonds. The average molecular weight is 501 g/mol. The SMILES string of the molecule is CCCCCCCN1C(=O)/C(=C/c2c(C)c(C#N)c(=O)n(CCCC)c2N2CCCC2)SC1=S. The Bertz CT molecular complexity index is 1050. The first-order valence-corrected chi connectivity index (χ1v) is 13.8. The number of thiocarbonyl (C=S) groups is 1. The quantitative estimate of drug-likeness (QED) is 0.224. The average Bonchev–Trinajstić information content (AvgIpc) is 3.44. The monoisotopic (exact) mass is 500 g/mol. The minimum atomic E-state index is -0.230. The van der Waals surface area contributed by atoms with Crippen molar-refractivity contribution in [3.63, 3.8) is 0 Å². The van der Waals surface area contributed by atoms with E-state index in [0.717, 1.165) is 63.0 Å². The van der Waals surface area contributed by atoms with Gasteiger partial charge in [-0.05, 0) is 44.2 Å². The molecule has 6 nitrogen and oxygen atoms in total. The second-order valence-electron chi connectivity index (χ2n) is 9.10. The predicted octanol–water partition coefficient (Wildman–Crippen LogP) is 5.60. The first-order chi connectivity index (χ1) is 16.4. The molecule has 0 aromatic carbocycles. The molecule has 0 aliphatic carbocycles. The van der Waals surface area contributed by atoms with Gasteiger partial charge in [-0.3, -0.25) is 19.1 Å². The normalized spacial score (nSPS) is 17.3. The maximum Gasteiger partial charge on any atom is 0.270 e. The molecule has 3 rings (SSSR count). The van der Waals surface area contributed by atoms with Crippen molar-refractivity contribution in [1.29, 1.82) is 5.26 Å². The van der Waals surface area contributed by atoms with E-state index >= 15 is 0 Å². The Morgan fingerprint density at radius 2 is 1.71 bits per heavy atom. The minimum Gasteiger partial charge on any atom is -0.357 e. The van der Waals surface area contributed by atoms with Gasteiger partial charge in [-0.25, -0.2) is 0 Å². The molecule has 2 aliphatic rings. The number of hydrogen-bond donors (Lipinski definition) is 0. The Hall–Kier alpha value is -2.11. The number of unbranched alkanes of at least 4 members (excludes halogenated alkanes) is 5. The molecule has 3 heterocycles. The number of thioether (sulfide) groups is 1. The second kappa shape index (κ2) is 12.6. The predicted molar refractivity (Wildman–Crippen MR) is 145 cm³/mol. The molecule has 0 saturated carbocycles. The van der Waals surface area contributed by atoms with Crippen molar-refractivity contribution in [2.45, 2.75) is 85.1 Å². The number of pyridine rings is 1. The van der Waals surface area contributed by atoms with Gasteiger partial charge in [-0.2, -0.15) is 5.26 Å². The van der Waals surface area contributed by atoms with E-state index in [0.29, 0.717) is 27.9 Å². The van der Waals surface area contributed by atoms with E-state index in [1.165, 1.54) is 31.0 Å². The molecule has 34 heavy (non-hydrogen) atoms. The standard InChI is InChI=1S/C26H36N4O2S2/c1-4-6-8-9-10-16-30-25(32)22(34-26(30)33)17-20-19(3)21(18-27)24(31)29(15-7-5-2)23(20)28-13-11-12-14-28/h17H,4-16H2,1-3H3/b22-17-. The number of nitrogens with zero attached hydrogens (tertiary/aromatic N) is 4. The number of nitriles is 1. The van der Waals surface area contributed by atoms with Gasteiger partial charge in [0.2, 0.25) is 0 Å². The summed E-state index contributed by atoms with van der Waals surface area (Å²) in [5.41, 5.74) is 1.38. The summed E-state index contributed by atoms with van der Waals surface area (Å²) in [5.74, 6) is 0.777. The zero-order chi connectivity index (χ0) is 24.7. The van der Waals surface area contributed by atoms with Gasteiger partial charge in [0.15, 0.2) is 0 Å². The number of rotatable bonds is 11. The third kappa shape index (κ3) is 5.75. The highest BCUT2D eigenvalue weighted by Gasteiger charge is 2.33. The van der Waals surface area contributed by atoms with Gasteiger partial charge in [-0.1, -0.05) is 69.9 Å². The van der Waals surface area contributed by atoms with Crippen LogP contribution in [0.1, 0.15) is 88.3 Å². The largest absolute Gasteiger partial charge is 0.357 e. The molecule has 2 saturated heterocycles. The molecule has 0 N–H and O–H groups in total. The van der Waals surface area contributed by atoms with Crippen molar-refractivity contribution in [2.75, 3.05) is 24.5 Å². The fourth-order valence-electron chi connectivity index (χ4n) is 4.63. The first kappa shape index (κ1) is 26.5. The lowest BCUT2D eigenvalue weighted by Gasteiger charge is -2.27. The van der Waals surface area contributed by atoms with Crippen LogP contribution in [0.2, 0.25) is 0 Å². The van der Waals surface area contributed by atoms with Gasteiger partial charge in [0.05, 0.1) is 4.91 Å². The van der Waals surface area contributed by atoms with Gasteiger partial charge in [0.25, 0.3) is 11.5 Å². The van der Waals surface area contributed by atoms with Crippen LogP contribution in [0.15, 0.2) is 9.70 Å². The Kier molecular flexibility index (Phi) is 9.78. The Labute approximate surface area is 213 Å². The van der Waals surface area contributed by atoms with E-state index in [1.807, 2.05) is 13.0 Å². The van der Waals surface area contributed by atoms with Crippen LogP contribution in [-0.2, 0) is 11.3 Å². The fraction of sp³-hybridized carbons (Fsp3) is 0.615. The lowest BCUT2D eigenvalue weighted by Crippen LogP contribution is -2.33. The molecule has 184 valence electrons. The van der Waals surface area contributed by atoms with Crippen LogP contribution in [-0.4, -0.2) is 39.3 Å². The highest BCUT2D eigenvalue weighted by Crippen LogP contribution is 2.36. The molecule has 2 aliphatic heterocycles. The highest BCUT2D eigenvalue weighted by molar-refractivity contribution is 8.26. The molecular weight excluding hydrogens is 464 g/mol. The topological polar surface area (TPSA) is 69.3 Å². The molecule has 1 aromatic heterocycles.